The molecule has 0 amide bonds. The maximum absolute atomic E-state index is 12.2. The van der Waals surface area contributed by atoms with E-state index in [2.05, 4.69) is 13.8 Å². The number of carbonyl (C=O) groups is 1. The summed E-state index contributed by atoms with van der Waals surface area (Å²) in [5.74, 6) is 1.87. The Morgan fingerprint density at radius 2 is 1.74 bits per heavy atom. The molecule has 1 heterocycles. The molecule has 6 rings (SSSR count). The average molecular weight is 423 g/mol. The first-order chi connectivity index (χ1) is 14.8. The van der Waals surface area contributed by atoms with Crippen molar-refractivity contribution in [2.75, 3.05) is 6.61 Å². The predicted molar refractivity (Wildman–Crippen MR) is 117 cm³/mol. The number of rotatable bonds is 3. The average Bonchev–Trinajstić information content (AvgIpc) is 3.49. The van der Waals surface area contributed by atoms with E-state index < -0.39 is 11.4 Å². The van der Waals surface area contributed by atoms with E-state index in [9.17, 15) is 9.90 Å². The van der Waals surface area contributed by atoms with Gasteiger partial charge in [0.05, 0.1) is 0 Å². The highest BCUT2D eigenvalue weighted by Gasteiger charge is 2.76. The van der Waals surface area contributed by atoms with Crippen LogP contribution in [0.3, 0.4) is 0 Å². The maximum atomic E-state index is 12.2. The Morgan fingerprint density at radius 1 is 1.00 bits per heavy atom. The van der Waals surface area contributed by atoms with Crippen LogP contribution in [-0.4, -0.2) is 28.9 Å². The minimum atomic E-state index is -0.967. The summed E-state index contributed by atoms with van der Waals surface area (Å²) in [7, 11) is 0. The highest BCUT2D eigenvalue weighted by atomic mass is 16.8. The van der Waals surface area contributed by atoms with Crippen molar-refractivity contribution in [3.63, 3.8) is 0 Å². The predicted octanol–water partition coefficient (Wildman–Crippen LogP) is 5.05. The quantitative estimate of drug-likeness (QED) is 0.692. The van der Waals surface area contributed by atoms with Crippen LogP contribution in [0.25, 0.3) is 0 Å². The molecule has 4 aliphatic carbocycles. The van der Waals surface area contributed by atoms with Crippen LogP contribution in [-0.2, 0) is 9.53 Å². The molecule has 4 heteroatoms. The second-order valence-corrected chi connectivity index (χ2v) is 11.3. The smallest absolute Gasteiger partial charge is 0.264 e. The van der Waals surface area contributed by atoms with Crippen LogP contribution < -0.4 is 4.74 Å². The summed E-state index contributed by atoms with van der Waals surface area (Å²) in [4.78, 5) is 12.1. The fraction of sp³-hybridized carbons (Fsp3) is 0.667. The van der Waals surface area contributed by atoms with E-state index in [1.54, 1.807) is 0 Å². The van der Waals surface area contributed by atoms with Gasteiger partial charge in [-0.1, -0.05) is 37.6 Å². The maximum Gasteiger partial charge on any atom is 0.264 e. The van der Waals surface area contributed by atoms with E-state index in [1.165, 1.54) is 5.57 Å². The SMILES string of the molecule is C[C@]12CCC(=O)C=C1CC[C@@H]1[C@@H]2CC[C@@]2(C)[C@H]1CC[C@]2(O)C1(Oc2ccccc2)CO1. The Morgan fingerprint density at radius 3 is 2.48 bits per heavy atom. The van der Waals surface area contributed by atoms with Crippen LogP contribution in [0, 0.1) is 28.6 Å². The zero-order valence-corrected chi connectivity index (χ0v) is 18.7. The summed E-state index contributed by atoms with van der Waals surface area (Å²) in [6, 6.07) is 9.78. The van der Waals surface area contributed by atoms with Gasteiger partial charge in [0.1, 0.15) is 18.0 Å². The van der Waals surface area contributed by atoms with Crippen molar-refractivity contribution in [3.8, 4) is 5.75 Å². The number of benzene rings is 1. The fourth-order valence-electron chi connectivity index (χ4n) is 8.33. The summed E-state index contributed by atoms with van der Waals surface area (Å²) in [5.41, 5.74) is 0.385. The number of aliphatic hydroxyl groups is 1. The Balaban J connectivity index is 1.31. The van der Waals surface area contributed by atoms with Crippen molar-refractivity contribution in [2.24, 2.45) is 28.6 Å². The second-order valence-electron chi connectivity index (χ2n) is 11.3. The lowest BCUT2D eigenvalue weighted by atomic mass is 9.46. The summed E-state index contributed by atoms with van der Waals surface area (Å²) in [6.45, 7) is 5.17. The number of ether oxygens (including phenoxy) is 2. The number of allylic oxidation sites excluding steroid dienone is 1. The third kappa shape index (κ3) is 2.58. The standard InChI is InChI=1S/C27H34O4/c1-24-13-10-19(28)16-18(24)8-9-21-22(24)11-14-25(2)23(21)12-15-26(25,29)27(17-30-27)31-20-6-4-3-5-7-20/h3-7,16,21-23,29H,8-15,17H2,1-2H3/t21-,22+,23+,24+,25+,26-,27?/m1/s1. The number of hydrogen-bond donors (Lipinski definition) is 1. The molecule has 1 saturated heterocycles. The minimum absolute atomic E-state index is 0.160. The van der Waals surface area contributed by atoms with Crippen LogP contribution in [0.2, 0.25) is 0 Å². The van der Waals surface area contributed by atoms with E-state index in [4.69, 9.17) is 9.47 Å². The molecule has 1 unspecified atom stereocenters. The van der Waals surface area contributed by atoms with E-state index in [1.807, 2.05) is 36.4 Å². The molecule has 3 saturated carbocycles. The van der Waals surface area contributed by atoms with E-state index in [0.29, 0.717) is 36.6 Å². The molecule has 4 fully saturated rings. The number of hydrogen-bond acceptors (Lipinski definition) is 4. The normalized spacial score (nSPS) is 48.3. The number of epoxide rings is 1. The molecule has 4 nitrogen and oxygen atoms in total. The molecule has 0 bridgehead atoms. The Labute approximate surface area is 185 Å². The first-order valence-corrected chi connectivity index (χ1v) is 12.2. The molecule has 0 radical (unpaired) electrons. The third-order valence-electron chi connectivity index (χ3n) is 10.2. The Kier molecular flexibility index (Phi) is 4.16. The van der Waals surface area contributed by atoms with Crippen LogP contribution in [0.1, 0.15) is 65.2 Å². The van der Waals surface area contributed by atoms with Gasteiger partial charge >= 0.3 is 0 Å². The van der Waals surface area contributed by atoms with Gasteiger partial charge < -0.3 is 14.6 Å². The molecule has 1 N–H and O–H groups in total. The molecular formula is C27H34O4. The third-order valence-corrected chi connectivity index (χ3v) is 10.2. The Bertz CT molecular complexity index is 934. The molecule has 7 atom stereocenters. The molecular weight excluding hydrogens is 388 g/mol. The number of para-hydroxylation sites is 1. The highest BCUT2D eigenvalue weighted by Crippen LogP contribution is 2.70. The lowest BCUT2D eigenvalue weighted by molar-refractivity contribution is -0.208. The largest absolute Gasteiger partial charge is 0.457 e. The second kappa shape index (κ2) is 6.45. The van der Waals surface area contributed by atoms with E-state index in [0.717, 1.165) is 50.7 Å². The van der Waals surface area contributed by atoms with E-state index >= 15 is 0 Å². The first-order valence-electron chi connectivity index (χ1n) is 12.2. The van der Waals surface area contributed by atoms with Gasteiger partial charge in [0.2, 0.25) is 0 Å². The topological polar surface area (TPSA) is 59.1 Å². The summed E-state index contributed by atoms with van der Waals surface area (Å²) in [5, 5.41) is 12.2. The molecule has 1 aromatic rings. The van der Waals surface area contributed by atoms with Gasteiger partial charge in [-0.25, -0.2) is 0 Å². The minimum Gasteiger partial charge on any atom is -0.457 e. The van der Waals surface area contributed by atoms with Gasteiger partial charge in [0.15, 0.2) is 5.78 Å². The zero-order valence-electron chi connectivity index (χ0n) is 18.7. The number of fused-ring (bicyclic) bond motifs is 5. The van der Waals surface area contributed by atoms with Gasteiger partial charge in [-0.05, 0) is 86.3 Å². The summed E-state index contributed by atoms with van der Waals surface area (Å²) < 4.78 is 12.3. The molecule has 166 valence electrons. The molecule has 5 aliphatic rings. The summed E-state index contributed by atoms with van der Waals surface area (Å²) >= 11 is 0. The van der Waals surface area contributed by atoms with Crippen LogP contribution in [0.5, 0.6) is 5.75 Å². The fourth-order valence-corrected chi connectivity index (χ4v) is 8.33. The van der Waals surface area contributed by atoms with Crippen LogP contribution >= 0.6 is 0 Å². The lowest BCUT2D eigenvalue weighted by Gasteiger charge is -2.59. The molecule has 31 heavy (non-hydrogen) atoms. The summed E-state index contributed by atoms with van der Waals surface area (Å²) in [6.07, 6.45) is 9.72. The van der Waals surface area contributed by atoms with Crippen molar-refractivity contribution in [1.29, 1.82) is 0 Å². The molecule has 1 aliphatic heterocycles. The van der Waals surface area contributed by atoms with Crippen LogP contribution in [0.4, 0.5) is 0 Å². The van der Waals surface area contributed by atoms with Crippen molar-refractivity contribution in [1.82, 2.24) is 0 Å². The van der Waals surface area contributed by atoms with Gasteiger partial charge in [0, 0.05) is 11.8 Å². The monoisotopic (exact) mass is 422 g/mol. The van der Waals surface area contributed by atoms with Gasteiger partial charge in [-0.2, -0.15) is 0 Å². The lowest BCUT2D eigenvalue weighted by Crippen LogP contribution is -2.61. The van der Waals surface area contributed by atoms with Crippen molar-refractivity contribution in [2.45, 2.75) is 76.6 Å². The van der Waals surface area contributed by atoms with Gasteiger partial charge in [0.25, 0.3) is 5.79 Å². The van der Waals surface area contributed by atoms with E-state index in [-0.39, 0.29) is 10.8 Å². The van der Waals surface area contributed by atoms with Gasteiger partial charge in [-0.15, -0.1) is 0 Å². The van der Waals surface area contributed by atoms with Crippen molar-refractivity contribution < 1.29 is 19.4 Å². The molecule has 0 spiro atoms. The van der Waals surface area contributed by atoms with Crippen LogP contribution in [0.15, 0.2) is 42.0 Å². The first kappa shape index (κ1) is 20.0. The molecule has 1 aromatic carbocycles. The van der Waals surface area contributed by atoms with Crippen molar-refractivity contribution in [3.05, 3.63) is 42.0 Å². The number of ketones is 1. The number of carbonyl (C=O) groups excluding carboxylic acids is 1. The Hall–Kier alpha value is -1.65. The van der Waals surface area contributed by atoms with Crippen molar-refractivity contribution >= 4 is 5.78 Å². The highest BCUT2D eigenvalue weighted by molar-refractivity contribution is 5.91. The molecule has 0 aromatic heterocycles. The zero-order chi connectivity index (χ0) is 21.5. The van der Waals surface area contributed by atoms with Gasteiger partial charge in [-0.3, -0.25) is 4.79 Å².